The zero-order chi connectivity index (χ0) is 10.1. The molecule has 0 unspecified atom stereocenters. The van der Waals surface area contributed by atoms with Gasteiger partial charge in [-0.1, -0.05) is 22.9 Å². The van der Waals surface area contributed by atoms with Gasteiger partial charge in [0.15, 0.2) is 0 Å². The number of thiophene rings is 1. The molecule has 0 spiro atoms. The predicted octanol–water partition coefficient (Wildman–Crippen LogP) is 4.65. The Kier molecular flexibility index (Phi) is 3.20. The van der Waals surface area contributed by atoms with Crippen LogP contribution in [0.5, 0.6) is 0 Å². The first kappa shape index (κ1) is 10.5. The molecule has 1 aromatic carbocycles. The topological polar surface area (TPSA) is 0 Å². The fraction of sp³-hybridized carbons (Fsp3) is 0.273. The van der Waals surface area contributed by atoms with Gasteiger partial charge in [-0.25, -0.2) is 0 Å². The number of thiol groups is 1. The Morgan fingerprint density at radius 1 is 1.36 bits per heavy atom. The minimum absolute atomic E-state index is 0.924. The summed E-state index contributed by atoms with van der Waals surface area (Å²) in [4.78, 5) is 1.06. The Hall–Kier alpha value is 0.01000. The van der Waals surface area contributed by atoms with Crippen molar-refractivity contribution in [3.63, 3.8) is 0 Å². The lowest BCUT2D eigenvalue weighted by molar-refractivity contribution is 1.15. The third-order valence-corrected chi connectivity index (χ3v) is 4.32. The minimum atomic E-state index is 0.924. The maximum absolute atomic E-state index is 4.43. The van der Waals surface area contributed by atoms with E-state index in [1.807, 2.05) is 11.3 Å². The summed E-state index contributed by atoms with van der Waals surface area (Å²) in [5, 5.41) is 4.51. The number of hydrogen-bond acceptors (Lipinski definition) is 2. The van der Waals surface area contributed by atoms with E-state index in [9.17, 15) is 0 Å². The molecule has 1 heterocycles. The van der Waals surface area contributed by atoms with Crippen LogP contribution in [0.15, 0.2) is 22.4 Å². The number of halogens is 1. The van der Waals surface area contributed by atoms with Gasteiger partial charge in [0, 0.05) is 14.9 Å². The molecule has 0 bridgehead atoms. The van der Waals surface area contributed by atoms with Gasteiger partial charge in [-0.2, -0.15) is 0 Å². The normalized spacial score (nSPS) is 11.1. The van der Waals surface area contributed by atoms with Crippen LogP contribution in [0, 0.1) is 0 Å². The Bertz CT molecular complexity index is 460. The SMILES string of the molecule is CCc1cc(S)cc2c(CBr)csc12. The van der Waals surface area contributed by atoms with E-state index in [-0.39, 0.29) is 0 Å². The van der Waals surface area contributed by atoms with Gasteiger partial charge in [0.05, 0.1) is 0 Å². The van der Waals surface area contributed by atoms with Gasteiger partial charge in [-0.05, 0) is 40.4 Å². The Labute approximate surface area is 102 Å². The minimum Gasteiger partial charge on any atom is -0.143 e. The molecular weight excluding hydrogens is 276 g/mol. The molecule has 2 rings (SSSR count). The molecule has 0 aliphatic rings. The van der Waals surface area contributed by atoms with Crippen molar-refractivity contribution >= 4 is 50.0 Å². The first-order valence-corrected chi connectivity index (χ1v) is 6.99. The van der Waals surface area contributed by atoms with Gasteiger partial charge >= 0.3 is 0 Å². The number of hydrogen-bond donors (Lipinski definition) is 1. The van der Waals surface area contributed by atoms with Crippen LogP contribution in [0.25, 0.3) is 10.1 Å². The average Bonchev–Trinajstić information content (AvgIpc) is 2.59. The van der Waals surface area contributed by atoms with E-state index in [1.165, 1.54) is 21.2 Å². The highest BCUT2D eigenvalue weighted by Gasteiger charge is 2.07. The van der Waals surface area contributed by atoms with E-state index < -0.39 is 0 Å². The van der Waals surface area contributed by atoms with Crippen molar-refractivity contribution in [3.05, 3.63) is 28.6 Å². The number of benzene rings is 1. The van der Waals surface area contributed by atoms with Gasteiger partial charge < -0.3 is 0 Å². The maximum atomic E-state index is 4.43. The van der Waals surface area contributed by atoms with Crippen LogP contribution < -0.4 is 0 Å². The first-order valence-electron chi connectivity index (χ1n) is 4.54. The summed E-state index contributed by atoms with van der Waals surface area (Å²) in [6, 6.07) is 4.32. The van der Waals surface area contributed by atoms with Crippen LogP contribution in [0.3, 0.4) is 0 Å². The summed E-state index contributed by atoms with van der Waals surface area (Å²) >= 11 is 9.78. The van der Waals surface area contributed by atoms with Crippen molar-refractivity contribution in [3.8, 4) is 0 Å². The number of aryl methyl sites for hydroxylation is 1. The van der Waals surface area contributed by atoms with Crippen molar-refractivity contribution in [2.75, 3.05) is 0 Å². The highest BCUT2D eigenvalue weighted by molar-refractivity contribution is 9.08. The number of alkyl halides is 1. The summed E-state index contributed by atoms with van der Waals surface area (Å²) in [7, 11) is 0. The number of fused-ring (bicyclic) bond motifs is 1. The fourth-order valence-corrected chi connectivity index (χ4v) is 3.71. The highest BCUT2D eigenvalue weighted by Crippen LogP contribution is 2.32. The molecule has 1 aromatic heterocycles. The fourth-order valence-electron chi connectivity index (χ4n) is 1.61. The summed E-state index contributed by atoms with van der Waals surface area (Å²) < 4.78 is 1.42. The maximum Gasteiger partial charge on any atom is 0.0378 e. The Morgan fingerprint density at radius 2 is 2.14 bits per heavy atom. The van der Waals surface area contributed by atoms with Crippen molar-refractivity contribution in [1.82, 2.24) is 0 Å². The molecule has 0 nitrogen and oxygen atoms in total. The van der Waals surface area contributed by atoms with Crippen molar-refractivity contribution < 1.29 is 0 Å². The lowest BCUT2D eigenvalue weighted by Crippen LogP contribution is -1.82. The molecule has 3 heteroatoms. The predicted molar refractivity (Wildman–Crippen MR) is 71.1 cm³/mol. The molecule has 14 heavy (non-hydrogen) atoms. The molecule has 0 amide bonds. The standard InChI is InChI=1S/C11H11BrS2/c1-2-7-3-9(13)4-10-8(5-12)6-14-11(7)10/h3-4,6,13H,2,5H2,1H3. The largest absolute Gasteiger partial charge is 0.143 e. The lowest BCUT2D eigenvalue weighted by Gasteiger charge is -2.02. The van der Waals surface area contributed by atoms with Crippen molar-refractivity contribution in [1.29, 1.82) is 0 Å². The van der Waals surface area contributed by atoms with E-state index in [0.717, 1.165) is 16.6 Å². The van der Waals surface area contributed by atoms with Crippen LogP contribution >= 0.6 is 39.9 Å². The lowest BCUT2D eigenvalue weighted by atomic mass is 10.1. The van der Waals surface area contributed by atoms with Gasteiger partial charge in [-0.3, -0.25) is 0 Å². The van der Waals surface area contributed by atoms with Crippen molar-refractivity contribution in [2.24, 2.45) is 0 Å². The van der Waals surface area contributed by atoms with Gasteiger partial charge in [0.1, 0.15) is 0 Å². The molecule has 0 aliphatic heterocycles. The third-order valence-electron chi connectivity index (χ3n) is 2.34. The second-order valence-electron chi connectivity index (χ2n) is 3.23. The van der Waals surface area contributed by atoms with Crippen LogP contribution in [0.2, 0.25) is 0 Å². The summed E-state index contributed by atoms with van der Waals surface area (Å²) in [5.41, 5.74) is 2.78. The first-order chi connectivity index (χ1) is 6.76. The van der Waals surface area contributed by atoms with Gasteiger partial charge in [0.25, 0.3) is 0 Å². The summed E-state index contributed by atoms with van der Waals surface area (Å²) in [5.74, 6) is 0. The quantitative estimate of drug-likeness (QED) is 0.603. The van der Waals surface area contributed by atoms with Crippen LogP contribution in [-0.2, 0) is 11.8 Å². The highest BCUT2D eigenvalue weighted by atomic mass is 79.9. The average molecular weight is 287 g/mol. The van der Waals surface area contributed by atoms with Crippen LogP contribution in [0.1, 0.15) is 18.1 Å². The third kappa shape index (κ3) is 1.73. The molecule has 74 valence electrons. The summed E-state index contributed by atoms with van der Waals surface area (Å²) in [6.07, 6.45) is 1.08. The molecule has 0 atom stereocenters. The zero-order valence-corrected chi connectivity index (χ0v) is 11.2. The smallest absolute Gasteiger partial charge is 0.0378 e. The zero-order valence-electron chi connectivity index (χ0n) is 7.88. The van der Waals surface area contributed by atoms with E-state index >= 15 is 0 Å². The Balaban J connectivity index is 2.76. The molecule has 0 fully saturated rings. The summed E-state index contributed by atoms with van der Waals surface area (Å²) in [6.45, 7) is 2.19. The second-order valence-corrected chi connectivity index (χ2v) is 5.19. The molecular formula is C11H11BrS2. The second kappa shape index (κ2) is 4.25. The van der Waals surface area contributed by atoms with Gasteiger partial charge in [-0.15, -0.1) is 24.0 Å². The Morgan fingerprint density at radius 3 is 2.79 bits per heavy atom. The molecule has 0 saturated carbocycles. The van der Waals surface area contributed by atoms with E-state index in [4.69, 9.17) is 0 Å². The molecule has 0 aliphatic carbocycles. The van der Waals surface area contributed by atoms with Crippen LogP contribution in [-0.4, -0.2) is 0 Å². The van der Waals surface area contributed by atoms with E-state index in [0.29, 0.717) is 0 Å². The number of rotatable bonds is 2. The van der Waals surface area contributed by atoms with Crippen molar-refractivity contribution in [2.45, 2.75) is 23.6 Å². The van der Waals surface area contributed by atoms with E-state index in [2.05, 4.69) is 53.0 Å². The molecule has 0 saturated heterocycles. The molecule has 0 N–H and O–H groups in total. The van der Waals surface area contributed by atoms with E-state index in [1.54, 1.807) is 0 Å². The molecule has 2 aromatic rings. The monoisotopic (exact) mass is 286 g/mol. The molecule has 0 radical (unpaired) electrons. The van der Waals surface area contributed by atoms with Gasteiger partial charge in [0.2, 0.25) is 0 Å². The van der Waals surface area contributed by atoms with Crippen LogP contribution in [0.4, 0.5) is 0 Å².